The molecule has 4 nitrogen and oxygen atoms in total. The Kier molecular flexibility index (Phi) is 2.90. The van der Waals surface area contributed by atoms with E-state index in [2.05, 4.69) is 10.0 Å². The fraction of sp³-hybridized carbons (Fsp3) is 0.833. The van der Waals surface area contributed by atoms with Gasteiger partial charge in [0, 0.05) is 11.3 Å². The summed E-state index contributed by atoms with van der Waals surface area (Å²) in [7, 11) is 0. The van der Waals surface area contributed by atoms with Gasteiger partial charge in [0.25, 0.3) is 0 Å². The molecule has 0 aliphatic heterocycles. The second-order valence-electron chi connectivity index (χ2n) is 3.32. The van der Waals surface area contributed by atoms with E-state index in [1.165, 1.54) is 0 Å². The number of hydrogen-bond donors (Lipinski definition) is 0. The molecule has 0 aromatic rings. The molecule has 10 heavy (non-hydrogen) atoms. The third-order valence-electron chi connectivity index (χ3n) is 0.838. The maximum absolute atomic E-state index is 10.6. The van der Waals surface area contributed by atoms with Gasteiger partial charge in [0.2, 0.25) is 5.91 Å². The molecule has 0 unspecified atom stereocenters. The molecule has 0 atom stereocenters. The first kappa shape index (κ1) is 8.98. The molecule has 0 aliphatic rings. The van der Waals surface area contributed by atoms with E-state index in [4.69, 9.17) is 5.53 Å². The first-order chi connectivity index (χ1) is 4.45. The zero-order valence-corrected chi connectivity index (χ0v) is 6.46. The summed E-state index contributed by atoms with van der Waals surface area (Å²) < 4.78 is 0. The maximum Gasteiger partial charge on any atom is 0.219 e. The van der Waals surface area contributed by atoms with E-state index in [0.717, 1.165) is 0 Å². The van der Waals surface area contributed by atoms with Gasteiger partial charge in [-0.2, -0.15) is 0 Å². The second kappa shape index (κ2) is 3.22. The predicted molar refractivity (Wildman–Crippen MR) is 38.2 cm³/mol. The average molecular weight is 141 g/mol. The van der Waals surface area contributed by atoms with E-state index < -0.39 is 5.91 Å². The second-order valence-corrected chi connectivity index (χ2v) is 3.32. The predicted octanol–water partition coefficient (Wildman–Crippen LogP) is 2.26. The van der Waals surface area contributed by atoms with E-state index in [0.29, 0.717) is 6.42 Å². The van der Waals surface area contributed by atoms with E-state index in [1.54, 1.807) is 0 Å². The molecular weight excluding hydrogens is 130 g/mol. The van der Waals surface area contributed by atoms with Crippen molar-refractivity contribution in [3.63, 3.8) is 0 Å². The molecule has 0 rings (SSSR count). The molecule has 0 radical (unpaired) electrons. The highest BCUT2D eigenvalue weighted by Gasteiger charge is 2.13. The minimum absolute atomic E-state index is 0.0920. The van der Waals surface area contributed by atoms with Crippen molar-refractivity contribution in [2.24, 2.45) is 10.5 Å². The summed E-state index contributed by atoms with van der Waals surface area (Å²) >= 11 is 0. The normalized spacial score (nSPS) is 10.3. The molecule has 0 spiro atoms. The van der Waals surface area contributed by atoms with Crippen molar-refractivity contribution in [1.82, 2.24) is 0 Å². The average Bonchev–Trinajstić information content (AvgIpc) is 1.59. The topological polar surface area (TPSA) is 65.8 Å². The molecular formula is C6H11N3O. The van der Waals surface area contributed by atoms with Crippen LogP contribution in [0.4, 0.5) is 0 Å². The van der Waals surface area contributed by atoms with Crippen molar-refractivity contribution in [2.75, 3.05) is 0 Å². The highest BCUT2D eigenvalue weighted by Crippen LogP contribution is 2.18. The molecule has 0 heterocycles. The van der Waals surface area contributed by atoms with Crippen molar-refractivity contribution < 1.29 is 4.79 Å². The van der Waals surface area contributed by atoms with Crippen LogP contribution in [0.15, 0.2) is 5.11 Å². The van der Waals surface area contributed by atoms with Crippen LogP contribution in [0.25, 0.3) is 10.4 Å². The summed E-state index contributed by atoms with van der Waals surface area (Å²) in [6.45, 7) is 5.74. The van der Waals surface area contributed by atoms with Gasteiger partial charge in [0.15, 0.2) is 0 Å². The smallest absolute Gasteiger partial charge is 0.219 e. The van der Waals surface area contributed by atoms with Crippen LogP contribution in [0, 0.1) is 5.41 Å². The Hall–Kier alpha value is -1.02. The Morgan fingerprint density at radius 2 is 2.10 bits per heavy atom. The Morgan fingerprint density at radius 1 is 1.60 bits per heavy atom. The minimum atomic E-state index is -0.394. The lowest BCUT2D eigenvalue weighted by Crippen LogP contribution is -2.10. The quantitative estimate of drug-likeness (QED) is 0.313. The monoisotopic (exact) mass is 141 g/mol. The van der Waals surface area contributed by atoms with Crippen LogP contribution >= 0.6 is 0 Å². The van der Waals surface area contributed by atoms with E-state index in [1.807, 2.05) is 20.8 Å². The minimum Gasteiger partial charge on any atom is -0.293 e. The summed E-state index contributed by atoms with van der Waals surface area (Å²) in [5.41, 5.74) is 7.78. The summed E-state index contributed by atoms with van der Waals surface area (Å²) in [5.74, 6) is -0.394. The number of amides is 1. The summed E-state index contributed by atoms with van der Waals surface area (Å²) in [6, 6.07) is 0. The Balaban J connectivity index is 3.92. The maximum atomic E-state index is 10.6. The number of carbonyl (C=O) groups is 1. The van der Waals surface area contributed by atoms with E-state index >= 15 is 0 Å². The first-order valence-electron chi connectivity index (χ1n) is 3.03. The van der Waals surface area contributed by atoms with Crippen LogP contribution in [0.5, 0.6) is 0 Å². The van der Waals surface area contributed by atoms with Gasteiger partial charge in [-0.1, -0.05) is 20.8 Å². The molecule has 0 fully saturated rings. The number of rotatable bonds is 1. The third kappa shape index (κ3) is 5.12. The first-order valence-corrected chi connectivity index (χ1v) is 3.03. The van der Waals surface area contributed by atoms with Gasteiger partial charge in [-0.25, -0.2) is 0 Å². The van der Waals surface area contributed by atoms with E-state index in [-0.39, 0.29) is 5.41 Å². The van der Waals surface area contributed by atoms with Crippen molar-refractivity contribution in [3.05, 3.63) is 10.4 Å². The van der Waals surface area contributed by atoms with E-state index in [9.17, 15) is 4.79 Å². The highest BCUT2D eigenvalue weighted by molar-refractivity contribution is 5.77. The lowest BCUT2D eigenvalue weighted by molar-refractivity contribution is -0.119. The van der Waals surface area contributed by atoms with Crippen molar-refractivity contribution >= 4 is 5.91 Å². The largest absolute Gasteiger partial charge is 0.293 e. The van der Waals surface area contributed by atoms with Crippen LogP contribution < -0.4 is 0 Å². The molecule has 0 saturated carbocycles. The summed E-state index contributed by atoms with van der Waals surface area (Å²) in [6.07, 6.45) is 0.303. The van der Waals surface area contributed by atoms with Gasteiger partial charge >= 0.3 is 0 Å². The Labute approximate surface area is 59.9 Å². The van der Waals surface area contributed by atoms with Crippen molar-refractivity contribution in [3.8, 4) is 0 Å². The number of hydrogen-bond acceptors (Lipinski definition) is 1. The molecule has 4 heteroatoms. The molecule has 0 aromatic heterocycles. The summed E-state index contributed by atoms with van der Waals surface area (Å²) in [5, 5.41) is 2.95. The fourth-order valence-corrected chi connectivity index (χ4v) is 0.539. The molecule has 56 valence electrons. The van der Waals surface area contributed by atoms with Crippen molar-refractivity contribution in [2.45, 2.75) is 27.2 Å². The molecule has 0 N–H and O–H groups in total. The fourth-order valence-electron chi connectivity index (χ4n) is 0.539. The van der Waals surface area contributed by atoms with Crippen molar-refractivity contribution in [1.29, 1.82) is 0 Å². The number of carbonyl (C=O) groups excluding carboxylic acids is 1. The third-order valence-corrected chi connectivity index (χ3v) is 0.838. The van der Waals surface area contributed by atoms with Gasteiger partial charge < -0.3 is 0 Å². The lowest BCUT2D eigenvalue weighted by atomic mass is 9.92. The molecule has 1 amide bonds. The zero-order valence-electron chi connectivity index (χ0n) is 6.46. The standard InChI is InChI=1S/C6H11N3O/c1-6(2,3)4-5(10)8-9-7/h4H2,1-3H3. The van der Waals surface area contributed by atoms with Crippen LogP contribution in [-0.4, -0.2) is 5.91 Å². The van der Waals surface area contributed by atoms with Crippen LogP contribution in [0.2, 0.25) is 0 Å². The Bertz CT molecular complexity index is 174. The van der Waals surface area contributed by atoms with Gasteiger partial charge in [0.05, 0.1) is 0 Å². The van der Waals surface area contributed by atoms with Gasteiger partial charge in [-0.3, -0.25) is 4.79 Å². The van der Waals surface area contributed by atoms with Gasteiger partial charge in [-0.05, 0) is 16.1 Å². The number of azide groups is 1. The molecule has 0 aromatic carbocycles. The van der Waals surface area contributed by atoms with Gasteiger partial charge in [0.1, 0.15) is 0 Å². The lowest BCUT2D eigenvalue weighted by Gasteiger charge is -2.14. The SMILES string of the molecule is CC(C)(C)CC(=O)N=[N+]=[N-]. The van der Waals surface area contributed by atoms with Crippen LogP contribution in [-0.2, 0) is 4.79 Å². The summed E-state index contributed by atoms with van der Waals surface area (Å²) in [4.78, 5) is 13.0. The van der Waals surface area contributed by atoms with Gasteiger partial charge in [-0.15, -0.1) is 0 Å². The molecule has 0 bridgehead atoms. The molecule has 0 aliphatic carbocycles. The highest BCUT2D eigenvalue weighted by atomic mass is 16.1. The van der Waals surface area contributed by atoms with Crippen LogP contribution in [0.3, 0.4) is 0 Å². The van der Waals surface area contributed by atoms with Crippen LogP contribution in [0.1, 0.15) is 27.2 Å². The number of nitrogens with zero attached hydrogens (tertiary/aromatic N) is 3. The molecule has 0 saturated heterocycles. The Morgan fingerprint density at radius 3 is 2.40 bits per heavy atom. The zero-order chi connectivity index (χ0) is 8.20.